The molecular formula is C17H24N6O2. The molecule has 1 fully saturated rings. The van der Waals surface area contributed by atoms with Crippen molar-refractivity contribution < 1.29 is 9.90 Å². The van der Waals surface area contributed by atoms with Gasteiger partial charge in [0.1, 0.15) is 0 Å². The highest BCUT2D eigenvalue weighted by molar-refractivity contribution is 5.75. The van der Waals surface area contributed by atoms with Crippen LogP contribution < -0.4 is 4.90 Å². The predicted octanol–water partition coefficient (Wildman–Crippen LogP) is 0.553. The minimum absolute atomic E-state index is 0.00945. The lowest BCUT2D eigenvalue weighted by molar-refractivity contribution is -0.133. The van der Waals surface area contributed by atoms with Gasteiger partial charge in [0.25, 0.3) is 0 Å². The van der Waals surface area contributed by atoms with Gasteiger partial charge in [-0.2, -0.15) is 0 Å². The fourth-order valence-corrected chi connectivity index (χ4v) is 3.23. The molecule has 0 aliphatic carbocycles. The first-order chi connectivity index (χ1) is 12.1. The Balaban J connectivity index is 1.55. The number of β-amino-alcohol motifs (C(OH)–C–C–N with tert-alkyl or cyclic N) is 1. The third-order valence-corrected chi connectivity index (χ3v) is 4.49. The van der Waals surface area contributed by atoms with Crippen molar-refractivity contribution >= 4 is 11.9 Å². The van der Waals surface area contributed by atoms with Gasteiger partial charge in [-0.05, 0) is 18.9 Å². The maximum absolute atomic E-state index is 12.3. The predicted molar refractivity (Wildman–Crippen MR) is 92.9 cm³/mol. The lowest BCUT2D eigenvalue weighted by Gasteiger charge is -2.41. The van der Waals surface area contributed by atoms with Crippen LogP contribution in [0.4, 0.5) is 5.95 Å². The molecule has 8 nitrogen and oxygen atoms in total. The number of carbonyl (C=O) groups is 1. The first-order valence-electron chi connectivity index (χ1n) is 8.50. The Bertz CT molecular complexity index is 678. The summed E-state index contributed by atoms with van der Waals surface area (Å²) in [6.07, 6.45) is 10.5. The van der Waals surface area contributed by atoms with Crippen LogP contribution in [0.15, 0.2) is 37.2 Å². The summed E-state index contributed by atoms with van der Waals surface area (Å²) in [5.41, 5.74) is -0.948. The Morgan fingerprint density at radius 2 is 2.16 bits per heavy atom. The minimum atomic E-state index is -0.948. The quantitative estimate of drug-likeness (QED) is 0.824. The average molecular weight is 344 g/mol. The van der Waals surface area contributed by atoms with E-state index in [1.54, 1.807) is 42.9 Å². The summed E-state index contributed by atoms with van der Waals surface area (Å²) in [6, 6.07) is 1.77. The summed E-state index contributed by atoms with van der Waals surface area (Å²) < 4.78 is 1.87. The Morgan fingerprint density at radius 1 is 1.36 bits per heavy atom. The van der Waals surface area contributed by atoms with Crippen LogP contribution in [0, 0.1) is 0 Å². The third-order valence-electron chi connectivity index (χ3n) is 4.49. The Labute approximate surface area is 147 Å². The van der Waals surface area contributed by atoms with Crippen molar-refractivity contribution in [1.29, 1.82) is 0 Å². The standard InChI is InChI=1S/C17H24N6O2/c1-21(15(24)4-10-22-11-8-18-14-22)12-17(25)5-2-9-23(13-17)16-19-6-3-7-20-16/h3,6-8,11,14,25H,2,4-5,9-10,12-13H2,1H3/t17-/m1/s1. The number of amides is 1. The highest BCUT2D eigenvalue weighted by atomic mass is 16.3. The van der Waals surface area contributed by atoms with Crippen molar-refractivity contribution in [2.75, 3.05) is 31.6 Å². The van der Waals surface area contributed by atoms with Crippen molar-refractivity contribution in [3.63, 3.8) is 0 Å². The second-order valence-electron chi connectivity index (χ2n) is 6.60. The van der Waals surface area contributed by atoms with Gasteiger partial charge in [0.05, 0.1) is 25.0 Å². The molecule has 1 N–H and O–H groups in total. The fourth-order valence-electron chi connectivity index (χ4n) is 3.23. The van der Waals surface area contributed by atoms with Gasteiger partial charge in [-0.25, -0.2) is 15.0 Å². The first kappa shape index (κ1) is 17.3. The van der Waals surface area contributed by atoms with Crippen molar-refractivity contribution in [3.8, 4) is 0 Å². The Hall–Kier alpha value is -2.48. The zero-order valence-corrected chi connectivity index (χ0v) is 14.5. The van der Waals surface area contributed by atoms with E-state index in [2.05, 4.69) is 15.0 Å². The van der Waals surface area contributed by atoms with E-state index in [-0.39, 0.29) is 5.91 Å². The number of carbonyl (C=O) groups excluding carboxylic acids is 1. The molecular weight excluding hydrogens is 320 g/mol. The van der Waals surface area contributed by atoms with Crippen molar-refractivity contribution in [3.05, 3.63) is 37.2 Å². The van der Waals surface area contributed by atoms with Gasteiger partial charge in [0.15, 0.2) is 0 Å². The molecule has 0 aromatic carbocycles. The number of aliphatic hydroxyl groups is 1. The normalized spacial score (nSPS) is 20.5. The van der Waals surface area contributed by atoms with Crippen LogP contribution in [0.1, 0.15) is 19.3 Å². The van der Waals surface area contributed by atoms with E-state index in [1.165, 1.54) is 0 Å². The molecule has 0 unspecified atom stereocenters. The zero-order valence-electron chi connectivity index (χ0n) is 14.5. The number of aromatic nitrogens is 4. The molecule has 3 rings (SSSR count). The number of imidazole rings is 1. The van der Waals surface area contributed by atoms with Gasteiger partial charge in [-0.1, -0.05) is 0 Å². The first-order valence-corrected chi connectivity index (χ1v) is 8.50. The number of likely N-dealkylation sites (N-methyl/N-ethyl adjacent to an activating group) is 1. The van der Waals surface area contributed by atoms with Crippen molar-refractivity contribution in [2.45, 2.75) is 31.4 Å². The van der Waals surface area contributed by atoms with Crippen LogP contribution in [0.2, 0.25) is 0 Å². The molecule has 134 valence electrons. The van der Waals surface area contributed by atoms with Crippen LogP contribution >= 0.6 is 0 Å². The number of hydrogen-bond donors (Lipinski definition) is 1. The summed E-state index contributed by atoms with van der Waals surface area (Å²) in [5.74, 6) is 0.630. The van der Waals surface area contributed by atoms with E-state index in [4.69, 9.17) is 0 Å². The molecule has 0 spiro atoms. The maximum Gasteiger partial charge on any atom is 0.225 e. The molecule has 1 amide bonds. The molecule has 3 heterocycles. The molecule has 0 radical (unpaired) electrons. The summed E-state index contributed by atoms with van der Waals surface area (Å²) in [4.78, 5) is 28.4. The van der Waals surface area contributed by atoms with E-state index in [1.807, 2.05) is 15.7 Å². The van der Waals surface area contributed by atoms with Crippen LogP contribution in [0.5, 0.6) is 0 Å². The highest BCUT2D eigenvalue weighted by Crippen LogP contribution is 2.24. The number of aryl methyl sites for hydroxylation is 1. The van der Waals surface area contributed by atoms with Gasteiger partial charge >= 0.3 is 0 Å². The molecule has 2 aromatic heterocycles. The number of piperidine rings is 1. The van der Waals surface area contributed by atoms with E-state index in [0.717, 1.165) is 13.0 Å². The fraction of sp³-hybridized carbons (Fsp3) is 0.529. The lowest BCUT2D eigenvalue weighted by Crippen LogP contribution is -2.55. The van der Waals surface area contributed by atoms with Crippen LogP contribution in [-0.4, -0.2) is 67.7 Å². The smallest absolute Gasteiger partial charge is 0.225 e. The highest BCUT2D eigenvalue weighted by Gasteiger charge is 2.36. The van der Waals surface area contributed by atoms with E-state index >= 15 is 0 Å². The molecule has 1 saturated heterocycles. The van der Waals surface area contributed by atoms with Gasteiger partial charge in [-0.3, -0.25) is 4.79 Å². The molecule has 0 saturated carbocycles. The lowest BCUT2D eigenvalue weighted by atomic mass is 9.92. The molecule has 1 aliphatic heterocycles. The number of anilines is 1. The van der Waals surface area contributed by atoms with Gasteiger partial charge in [0.2, 0.25) is 11.9 Å². The SMILES string of the molecule is CN(C[C@]1(O)CCCN(c2ncccn2)C1)C(=O)CCn1ccnc1. The second-order valence-corrected chi connectivity index (χ2v) is 6.60. The van der Waals surface area contributed by atoms with E-state index < -0.39 is 5.60 Å². The summed E-state index contributed by atoms with van der Waals surface area (Å²) in [6.45, 7) is 2.13. The van der Waals surface area contributed by atoms with Crippen molar-refractivity contribution in [1.82, 2.24) is 24.4 Å². The van der Waals surface area contributed by atoms with Gasteiger partial charge < -0.3 is 19.5 Å². The number of nitrogens with zero attached hydrogens (tertiary/aromatic N) is 6. The largest absolute Gasteiger partial charge is 0.386 e. The van der Waals surface area contributed by atoms with E-state index in [0.29, 0.717) is 38.4 Å². The molecule has 0 bridgehead atoms. The average Bonchev–Trinajstić information content (AvgIpc) is 3.13. The Kier molecular flexibility index (Phi) is 5.28. The summed E-state index contributed by atoms with van der Waals surface area (Å²) >= 11 is 0. The van der Waals surface area contributed by atoms with E-state index in [9.17, 15) is 9.90 Å². The van der Waals surface area contributed by atoms with Crippen LogP contribution in [-0.2, 0) is 11.3 Å². The number of rotatable bonds is 6. The molecule has 1 atom stereocenters. The van der Waals surface area contributed by atoms with Crippen LogP contribution in [0.25, 0.3) is 0 Å². The van der Waals surface area contributed by atoms with Gasteiger partial charge in [0, 0.05) is 51.3 Å². The molecule has 8 heteroatoms. The van der Waals surface area contributed by atoms with Crippen LogP contribution in [0.3, 0.4) is 0 Å². The monoisotopic (exact) mass is 344 g/mol. The molecule has 2 aromatic rings. The third kappa shape index (κ3) is 4.54. The summed E-state index contributed by atoms with van der Waals surface area (Å²) in [7, 11) is 1.74. The minimum Gasteiger partial charge on any atom is -0.386 e. The van der Waals surface area contributed by atoms with Crippen molar-refractivity contribution in [2.24, 2.45) is 0 Å². The molecule has 25 heavy (non-hydrogen) atoms. The maximum atomic E-state index is 12.3. The summed E-state index contributed by atoms with van der Waals surface area (Å²) in [5, 5.41) is 11.0. The second kappa shape index (κ2) is 7.60. The number of hydrogen-bond acceptors (Lipinski definition) is 6. The Morgan fingerprint density at radius 3 is 2.88 bits per heavy atom. The molecule has 1 aliphatic rings. The topological polar surface area (TPSA) is 87.4 Å². The van der Waals surface area contributed by atoms with Gasteiger partial charge in [-0.15, -0.1) is 0 Å². The zero-order chi connectivity index (χ0) is 17.7.